The van der Waals surface area contributed by atoms with Gasteiger partial charge in [0.15, 0.2) is 0 Å². The van der Waals surface area contributed by atoms with Crippen LogP contribution in [-0.4, -0.2) is 12.7 Å². The monoisotopic (exact) mass is 142 g/mol. The van der Waals surface area contributed by atoms with Gasteiger partial charge in [-0.15, -0.1) is 0 Å². The van der Waals surface area contributed by atoms with Gasteiger partial charge < -0.3 is 4.74 Å². The third kappa shape index (κ3) is 2.30. The lowest BCUT2D eigenvalue weighted by Crippen LogP contribution is -2.22. The second-order valence-corrected chi connectivity index (χ2v) is 3.36. The first-order valence-corrected chi connectivity index (χ1v) is 4.44. The SMILES string of the molecule is CCCC1CCO[C@H](C)C1. The molecule has 1 saturated heterocycles. The number of hydrogen-bond donors (Lipinski definition) is 0. The summed E-state index contributed by atoms with van der Waals surface area (Å²) in [5, 5.41) is 0. The molecule has 1 rings (SSSR count). The molecule has 1 aliphatic rings. The molecule has 0 aromatic carbocycles. The molecule has 2 atom stereocenters. The van der Waals surface area contributed by atoms with E-state index in [1.54, 1.807) is 0 Å². The summed E-state index contributed by atoms with van der Waals surface area (Å²) in [4.78, 5) is 0. The standard InChI is InChI=1S/C9H18O/c1-3-4-9-5-6-10-8(2)7-9/h8-9H,3-7H2,1-2H3/t8-,9?/m1/s1. The van der Waals surface area contributed by atoms with Crippen molar-refractivity contribution in [2.24, 2.45) is 5.92 Å². The highest BCUT2D eigenvalue weighted by atomic mass is 16.5. The fourth-order valence-corrected chi connectivity index (χ4v) is 1.76. The largest absolute Gasteiger partial charge is 0.378 e. The van der Waals surface area contributed by atoms with E-state index in [9.17, 15) is 0 Å². The summed E-state index contributed by atoms with van der Waals surface area (Å²) in [5.41, 5.74) is 0. The summed E-state index contributed by atoms with van der Waals surface area (Å²) in [6, 6.07) is 0. The van der Waals surface area contributed by atoms with E-state index in [0.717, 1.165) is 12.5 Å². The molecule has 0 aromatic rings. The Labute approximate surface area is 63.8 Å². The molecule has 60 valence electrons. The Morgan fingerprint density at radius 3 is 2.90 bits per heavy atom. The Morgan fingerprint density at radius 1 is 1.50 bits per heavy atom. The van der Waals surface area contributed by atoms with Gasteiger partial charge in [-0.3, -0.25) is 0 Å². The van der Waals surface area contributed by atoms with Gasteiger partial charge in [0.25, 0.3) is 0 Å². The van der Waals surface area contributed by atoms with Crippen molar-refractivity contribution < 1.29 is 4.74 Å². The summed E-state index contributed by atoms with van der Waals surface area (Å²) in [5.74, 6) is 0.953. The summed E-state index contributed by atoms with van der Waals surface area (Å²) in [6.45, 7) is 5.44. The molecule has 0 aromatic heterocycles. The van der Waals surface area contributed by atoms with Gasteiger partial charge in [-0.1, -0.05) is 19.8 Å². The zero-order chi connectivity index (χ0) is 7.40. The molecule has 0 spiro atoms. The van der Waals surface area contributed by atoms with E-state index in [2.05, 4.69) is 13.8 Å². The molecule has 0 bridgehead atoms. The second-order valence-electron chi connectivity index (χ2n) is 3.36. The topological polar surface area (TPSA) is 9.23 Å². The average molecular weight is 142 g/mol. The van der Waals surface area contributed by atoms with Crippen LogP contribution in [0, 0.1) is 5.92 Å². The Hall–Kier alpha value is -0.0400. The fraction of sp³-hybridized carbons (Fsp3) is 1.00. The summed E-state index contributed by atoms with van der Waals surface area (Å²) in [7, 11) is 0. The van der Waals surface area contributed by atoms with Crippen LogP contribution in [-0.2, 0) is 4.74 Å². The quantitative estimate of drug-likeness (QED) is 0.576. The molecule has 1 heteroatoms. The van der Waals surface area contributed by atoms with Crippen LogP contribution < -0.4 is 0 Å². The molecule has 1 heterocycles. The third-order valence-corrected chi connectivity index (χ3v) is 2.29. The van der Waals surface area contributed by atoms with Crippen molar-refractivity contribution in [1.29, 1.82) is 0 Å². The minimum Gasteiger partial charge on any atom is -0.378 e. The van der Waals surface area contributed by atoms with Crippen LogP contribution in [0.3, 0.4) is 0 Å². The molecule has 0 amide bonds. The molecule has 0 saturated carbocycles. The minimum absolute atomic E-state index is 0.519. The summed E-state index contributed by atoms with van der Waals surface area (Å²) < 4.78 is 5.45. The smallest absolute Gasteiger partial charge is 0.0549 e. The first-order valence-electron chi connectivity index (χ1n) is 4.44. The lowest BCUT2D eigenvalue weighted by molar-refractivity contribution is 0.000763. The van der Waals surface area contributed by atoms with Crippen molar-refractivity contribution in [3.05, 3.63) is 0 Å². The van der Waals surface area contributed by atoms with E-state index in [0.29, 0.717) is 6.10 Å². The number of rotatable bonds is 2. The van der Waals surface area contributed by atoms with Gasteiger partial charge in [-0.2, -0.15) is 0 Å². The maximum absolute atomic E-state index is 5.45. The van der Waals surface area contributed by atoms with Gasteiger partial charge in [0.05, 0.1) is 6.10 Å². The molecule has 0 radical (unpaired) electrons. The molecular formula is C9H18O. The first-order chi connectivity index (χ1) is 4.83. The molecule has 10 heavy (non-hydrogen) atoms. The van der Waals surface area contributed by atoms with Gasteiger partial charge in [-0.25, -0.2) is 0 Å². The Balaban J connectivity index is 2.18. The Morgan fingerprint density at radius 2 is 2.30 bits per heavy atom. The van der Waals surface area contributed by atoms with E-state index in [-0.39, 0.29) is 0 Å². The Bertz CT molecular complexity index is 88.7. The predicted octanol–water partition coefficient (Wildman–Crippen LogP) is 2.60. The van der Waals surface area contributed by atoms with Crippen LogP contribution >= 0.6 is 0 Å². The van der Waals surface area contributed by atoms with Gasteiger partial charge >= 0.3 is 0 Å². The second kappa shape index (κ2) is 3.97. The number of hydrogen-bond acceptors (Lipinski definition) is 1. The lowest BCUT2D eigenvalue weighted by atomic mass is 9.92. The number of ether oxygens (including phenoxy) is 1. The minimum atomic E-state index is 0.519. The van der Waals surface area contributed by atoms with Crippen molar-refractivity contribution in [3.8, 4) is 0 Å². The maximum atomic E-state index is 5.45. The normalized spacial score (nSPS) is 34.2. The van der Waals surface area contributed by atoms with Crippen molar-refractivity contribution in [2.75, 3.05) is 6.61 Å². The Kier molecular flexibility index (Phi) is 3.20. The van der Waals surface area contributed by atoms with Crippen LogP contribution in [0.1, 0.15) is 39.5 Å². The van der Waals surface area contributed by atoms with E-state index in [1.165, 1.54) is 25.7 Å². The van der Waals surface area contributed by atoms with E-state index >= 15 is 0 Å². The lowest BCUT2D eigenvalue weighted by Gasteiger charge is -2.26. The first kappa shape index (κ1) is 8.06. The summed E-state index contributed by atoms with van der Waals surface area (Å²) in [6.07, 6.45) is 5.82. The van der Waals surface area contributed by atoms with E-state index in [4.69, 9.17) is 4.74 Å². The molecule has 0 aliphatic carbocycles. The maximum Gasteiger partial charge on any atom is 0.0549 e. The molecule has 1 unspecified atom stereocenters. The zero-order valence-electron chi connectivity index (χ0n) is 7.10. The van der Waals surface area contributed by atoms with Crippen LogP contribution in [0.15, 0.2) is 0 Å². The van der Waals surface area contributed by atoms with Crippen molar-refractivity contribution in [1.82, 2.24) is 0 Å². The van der Waals surface area contributed by atoms with Gasteiger partial charge in [0, 0.05) is 6.61 Å². The zero-order valence-corrected chi connectivity index (χ0v) is 7.10. The van der Waals surface area contributed by atoms with Gasteiger partial charge in [0.2, 0.25) is 0 Å². The highest BCUT2D eigenvalue weighted by Gasteiger charge is 2.17. The highest BCUT2D eigenvalue weighted by molar-refractivity contribution is 4.67. The van der Waals surface area contributed by atoms with Gasteiger partial charge in [0.1, 0.15) is 0 Å². The summed E-state index contributed by atoms with van der Waals surface area (Å²) >= 11 is 0. The third-order valence-electron chi connectivity index (χ3n) is 2.29. The van der Waals surface area contributed by atoms with Crippen LogP contribution in [0.5, 0.6) is 0 Å². The molecule has 1 fully saturated rings. The molecule has 1 nitrogen and oxygen atoms in total. The van der Waals surface area contributed by atoms with Crippen LogP contribution in [0.2, 0.25) is 0 Å². The van der Waals surface area contributed by atoms with Crippen LogP contribution in [0.25, 0.3) is 0 Å². The molecule has 1 aliphatic heterocycles. The highest BCUT2D eigenvalue weighted by Crippen LogP contribution is 2.23. The van der Waals surface area contributed by atoms with Crippen molar-refractivity contribution in [3.63, 3.8) is 0 Å². The predicted molar refractivity (Wildman–Crippen MR) is 43.0 cm³/mol. The van der Waals surface area contributed by atoms with Crippen molar-refractivity contribution in [2.45, 2.75) is 45.6 Å². The van der Waals surface area contributed by atoms with Gasteiger partial charge in [-0.05, 0) is 25.7 Å². The van der Waals surface area contributed by atoms with Crippen molar-refractivity contribution >= 4 is 0 Å². The van der Waals surface area contributed by atoms with Crippen LogP contribution in [0.4, 0.5) is 0 Å². The average Bonchev–Trinajstić information content (AvgIpc) is 1.88. The van der Waals surface area contributed by atoms with E-state index in [1.807, 2.05) is 0 Å². The molecule has 0 N–H and O–H groups in total. The molecular weight excluding hydrogens is 124 g/mol. The van der Waals surface area contributed by atoms with E-state index < -0.39 is 0 Å². The fourth-order valence-electron chi connectivity index (χ4n) is 1.76.